The Labute approximate surface area is 115 Å². The van der Waals surface area contributed by atoms with Crippen molar-refractivity contribution in [1.82, 2.24) is 4.90 Å². The average Bonchev–Trinajstić information content (AvgIpc) is 2.81. The molecule has 0 saturated carbocycles. The van der Waals surface area contributed by atoms with Crippen LogP contribution in [0.25, 0.3) is 0 Å². The van der Waals surface area contributed by atoms with E-state index in [0.29, 0.717) is 17.8 Å². The summed E-state index contributed by atoms with van der Waals surface area (Å²) >= 11 is 3.33. The van der Waals surface area contributed by atoms with E-state index in [1.807, 2.05) is 6.07 Å². The predicted molar refractivity (Wildman–Crippen MR) is 74.5 cm³/mol. The molecule has 5 heteroatoms. The molecule has 0 spiro atoms. The summed E-state index contributed by atoms with van der Waals surface area (Å²) in [6.07, 6.45) is 2.26. The van der Waals surface area contributed by atoms with Gasteiger partial charge in [-0.25, -0.2) is 0 Å². The molecule has 0 bridgehead atoms. The van der Waals surface area contributed by atoms with Crippen molar-refractivity contribution in [3.63, 3.8) is 0 Å². The molecule has 1 fully saturated rings. The Balaban J connectivity index is 2.05. The summed E-state index contributed by atoms with van der Waals surface area (Å²) in [4.78, 5) is 13.9. The van der Waals surface area contributed by atoms with Gasteiger partial charge < -0.3 is 15.4 Å². The van der Waals surface area contributed by atoms with Gasteiger partial charge in [-0.05, 0) is 31.0 Å². The fourth-order valence-corrected chi connectivity index (χ4v) is 2.49. The van der Waals surface area contributed by atoms with Crippen molar-refractivity contribution in [2.75, 3.05) is 25.9 Å². The number of hydrogen-bond acceptors (Lipinski definition) is 3. The minimum atomic E-state index is -0.0597. The summed E-state index contributed by atoms with van der Waals surface area (Å²) in [5, 5.41) is 0. The van der Waals surface area contributed by atoms with E-state index >= 15 is 0 Å². The fourth-order valence-electron chi connectivity index (χ4n) is 2.11. The highest BCUT2D eigenvalue weighted by molar-refractivity contribution is 9.10. The Kier molecular flexibility index (Phi) is 4.24. The third-order valence-corrected chi connectivity index (χ3v) is 3.59. The van der Waals surface area contributed by atoms with E-state index in [9.17, 15) is 4.79 Å². The average molecular weight is 313 g/mol. The van der Waals surface area contributed by atoms with E-state index in [-0.39, 0.29) is 12.0 Å². The van der Waals surface area contributed by atoms with Gasteiger partial charge in [-0.3, -0.25) is 4.79 Å². The minimum Gasteiger partial charge on any atom is -0.398 e. The lowest BCUT2D eigenvalue weighted by atomic mass is 10.1. The van der Waals surface area contributed by atoms with Crippen LogP contribution < -0.4 is 5.73 Å². The van der Waals surface area contributed by atoms with Crippen LogP contribution in [-0.4, -0.2) is 37.1 Å². The number of nitrogens with two attached hydrogens (primary N) is 1. The molecule has 4 nitrogen and oxygen atoms in total. The number of halogens is 1. The molecule has 2 N–H and O–H groups in total. The van der Waals surface area contributed by atoms with Crippen LogP contribution in [0.1, 0.15) is 23.2 Å². The summed E-state index contributed by atoms with van der Waals surface area (Å²) < 4.78 is 6.40. The lowest BCUT2D eigenvalue weighted by molar-refractivity contribution is 0.0588. The zero-order valence-corrected chi connectivity index (χ0v) is 11.9. The number of ether oxygens (including phenoxy) is 1. The van der Waals surface area contributed by atoms with Crippen LogP contribution in [-0.2, 0) is 4.74 Å². The Hall–Kier alpha value is -1.07. The number of nitrogen functional groups attached to an aromatic ring is 1. The summed E-state index contributed by atoms with van der Waals surface area (Å²) in [6.45, 7) is 1.42. The third-order valence-electron chi connectivity index (χ3n) is 3.09. The first-order chi connectivity index (χ1) is 8.58. The van der Waals surface area contributed by atoms with Gasteiger partial charge in [-0.15, -0.1) is 0 Å². The van der Waals surface area contributed by atoms with E-state index in [2.05, 4.69) is 15.9 Å². The number of amides is 1. The summed E-state index contributed by atoms with van der Waals surface area (Å²) in [5.41, 5.74) is 6.89. The predicted octanol–water partition coefficient (Wildman–Crippen LogP) is 2.28. The topological polar surface area (TPSA) is 55.6 Å². The summed E-state index contributed by atoms with van der Waals surface area (Å²) in [7, 11) is 1.78. The molecule has 1 heterocycles. The number of benzene rings is 1. The van der Waals surface area contributed by atoms with Gasteiger partial charge >= 0.3 is 0 Å². The van der Waals surface area contributed by atoms with Crippen molar-refractivity contribution in [3.05, 3.63) is 28.2 Å². The Morgan fingerprint density at radius 2 is 2.39 bits per heavy atom. The van der Waals surface area contributed by atoms with Crippen LogP contribution in [0, 0.1) is 0 Å². The van der Waals surface area contributed by atoms with E-state index in [0.717, 1.165) is 23.9 Å². The molecule has 1 aliphatic heterocycles. The second kappa shape index (κ2) is 5.71. The molecule has 0 aromatic heterocycles. The van der Waals surface area contributed by atoms with Crippen LogP contribution >= 0.6 is 15.9 Å². The van der Waals surface area contributed by atoms with Crippen LogP contribution in [0.15, 0.2) is 22.7 Å². The maximum Gasteiger partial charge on any atom is 0.255 e. The van der Waals surface area contributed by atoms with Crippen molar-refractivity contribution in [2.24, 2.45) is 0 Å². The van der Waals surface area contributed by atoms with Gasteiger partial charge in [0.1, 0.15) is 0 Å². The number of carbonyl (C=O) groups is 1. The molecular formula is C13H17BrN2O2. The number of rotatable bonds is 3. The van der Waals surface area contributed by atoms with Gasteiger partial charge in [0.2, 0.25) is 0 Å². The molecule has 0 aliphatic carbocycles. The third kappa shape index (κ3) is 3.03. The van der Waals surface area contributed by atoms with Crippen molar-refractivity contribution < 1.29 is 9.53 Å². The lowest BCUT2D eigenvalue weighted by Crippen LogP contribution is -2.34. The molecule has 1 aliphatic rings. The number of likely N-dealkylation sites (N-methyl/N-ethyl adjacent to an activating group) is 1. The van der Waals surface area contributed by atoms with E-state index in [1.54, 1.807) is 24.1 Å². The molecular weight excluding hydrogens is 296 g/mol. The molecule has 1 atom stereocenters. The SMILES string of the molecule is CN(CC1CCCO1)C(=O)c1ccc(Br)cc1N. The van der Waals surface area contributed by atoms with Gasteiger partial charge in [0.05, 0.1) is 11.7 Å². The minimum absolute atomic E-state index is 0.0597. The van der Waals surface area contributed by atoms with Crippen LogP contribution in [0.4, 0.5) is 5.69 Å². The molecule has 2 rings (SSSR count). The second-order valence-electron chi connectivity index (χ2n) is 4.55. The number of nitrogens with zero attached hydrogens (tertiary/aromatic N) is 1. The maximum absolute atomic E-state index is 12.2. The summed E-state index contributed by atoms with van der Waals surface area (Å²) in [6, 6.07) is 5.31. The van der Waals surface area contributed by atoms with E-state index < -0.39 is 0 Å². The Bertz CT molecular complexity index is 445. The smallest absolute Gasteiger partial charge is 0.255 e. The molecule has 98 valence electrons. The normalized spacial score (nSPS) is 18.9. The maximum atomic E-state index is 12.2. The first-order valence-corrected chi connectivity index (χ1v) is 6.79. The van der Waals surface area contributed by atoms with Gasteiger partial charge in [0, 0.05) is 30.4 Å². The first kappa shape index (κ1) is 13.4. The fraction of sp³-hybridized carbons (Fsp3) is 0.462. The second-order valence-corrected chi connectivity index (χ2v) is 5.47. The highest BCUT2D eigenvalue weighted by Crippen LogP contribution is 2.20. The van der Waals surface area contributed by atoms with Gasteiger partial charge in [-0.2, -0.15) is 0 Å². The number of anilines is 1. The Morgan fingerprint density at radius 3 is 3.00 bits per heavy atom. The summed E-state index contributed by atoms with van der Waals surface area (Å²) in [5.74, 6) is -0.0597. The zero-order chi connectivity index (χ0) is 13.1. The highest BCUT2D eigenvalue weighted by Gasteiger charge is 2.21. The molecule has 1 aromatic rings. The van der Waals surface area contributed by atoms with E-state index in [4.69, 9.17) is 10.5 Å². The molecule has 18 heavy (non-hydrogen) atoms. The first-order valence-electron chi connectivity index (χ1n) is 6.00. The van der Waals surface area contributed by atoms with Crippen molar-refractivity contribution >= 4 is 27.5 Å². The van der Waals surface area contributed by atoms with Crippen molar-refractivity contribution in [2.45, 2.75) is 18.9 Å². The van der Waals surface area contributed by atoms with Gasteiger partial charge in [-0.1, -0.05) is 15.9 Å². The molecule has 1 unspecified atom stereocenters. The van der Waals surface area contributed by atoms with Crippen molar-refractivity contribution in [3.8, 4) is 0 Å². The van der Waals surface area contributed by atoms with Crippen molar-refractivity contribution in [1.29, 1.82) is 0 Å². The Morgan fingerprint density at radius 1 is 1.61 bits per heavy atom. The van der Waals surface area contributed by atoms with Crippen LogP contribution in [0.2, 0.25) is 0 Å². The van der Waals surface area contributed by atoms with Crippen LogP contribution in [0.3, 0.4) is 0 Å². The van der Waals surface area contributed by atoms with Gasteiger partial charge in [0.15, 0.2) is 0 Å². The van der Waals surface area contributed by atoms with E-state index in [1.165, 1.54) is 0 Å². The largest absolute Gasteiger partial charge is 0.398 e. The van der Waals surface area contributed by atoms with Crippen LogP contribution in [0.5, 0.6) is 0 Å². The molecule has 0 radical (unpaired) electrons. The van der Waals surface area contributed by atoms with Gasteiger partial charge in [0.25, 0.3) is 5.91 Å². The number of hydrogen-bond donors (Lipinski definition) is 1. The molecule has 1 aromatic carbocycles. The highest BCUT2D eigenvalue weighted by atomic mass is 79.9. The number of carbonyl (C=O) groups excluding carboxylic acids is 1. The molecule has 1 amide bonds. The lowest BCUT2D eigenvalue weighted by Gasteiger charge is -2.21. The molecule has 1 saturated heterocycles. The zero-order valence-electron chi connectivity index (χ0n) is 10.4. The quantitative estimate of drug-likeness (QED) is 0.871. The standard InChI is InChI=1S/C13H17BrN2O2/c1-16(8-10-3-2-6-18-10)13(17)11-5-4-9(14)7-12(11)15/h4-5,7,10H,2-3,6,8,15H2,1H3. The monoisotopic (exact) mass is 312 g/mol.